The van der Waals surface area contributed by atoms with Crippen LogP contribution < -0.4 is 9.64 Å². The van der Waals surface area contributed by atoms with E-state index in [2.05, 4.69) is 0 Å². The van der Waals surface area contributed by atoms with Gasteiger partial charge < -0.3 is 9.64 Å². The first-order valence-corrected chi connectivity index (χ1v) is 11.9. The highest BCUT2D eigenvalue weighted by Gasteiger charge is 2.28. The molecule has 1 amide bonds. The minimum Gasteiger partial charge on any atom is -0.495 e. The number of nitrogens with zero attached hydrogens (tertiary/aromatic N) is 1. The van der Waals surface area contributed by atoms with E-state index in [-0.39, 0.29) is 16.6 Å². The van der Waals surface area contributed by atoms with Crippen LogP contribution in [0, 0.1) is 6.92 Å². The van der Waals surface area contributed by atoms with Gasteiger partial charge in [-0.25, -0.2) is 8.42 Å². The fraction of sp³-hybridized carbons (Fsp3) is 0.240. The van der Waals surface area contributed by atoms with Gasteiger partial charge in [-0.1, -0.05) is 36.4 Å². The zero-order chi connectivity index (χ0) is 22.0. The van der Waals surface area contributed by atoms with Gasteiger partial charge in [0.25, 0.3) is 5.91 Å². The molecule has 160 valence electrons. The van der Waals surface area contributed by atoms with E-state index >= 15 is 0 Å². The number of amides is 1. The molecule has 0 atom stereocenters. The number of hydrogen-bond acceptors (Lipinski definition) is 4. The van der Waals surface area contributed by atoms with Crippen LogP contribution in [-0.2, 0) is 22.0 Å². The number of hydrogen-bond donors (Lipinski definition) is 0. The summed E-state index contributed by atoms with van der Waals surface area (Å²) in [6.07, 6.45) is 1.77. The molecule has 6 heteroatoms. The van der Waals surface area contributed by atoms with Gasteiger partial charge >= 0.3 is 0 Å². The van der Waals surface area contributed by atoms with Crippen molar-refractivity contribution < 1.29 is 17.9 Å². The average Bonchev–Trinajstić information content (AvgIpc) is 2.79. The molecule has 0 saturated carbocycles. The van der Waals surface area contributed by atoms with Crippen LogP contribution in [0.3, 0.4) is 0 Å². The number of carbonyl (C=O) groups is 1. The molecule has 1 heterocycles. The third-order valence-corrected chi connectivity index (χ3v) is 7.36. The van der Waals surface area contributed by atoms with Crippen LogP contribution >= 0.6 is 0 Å². The Morgan fingerprint density at radius 1 is 1.03 bits per heavy atom. The van der Waals surface area contributed by atoms with Crippen molar-refractivity contribution in [1.82, 2.24) is 0 Å². The topological polar surface area (TPSA) is 63.7 Å². The lowest BCUT2D eigenvalue weighted by atomic mass is 9.95. The van der Waals surface area contributed by atoms with Crippen LogP contribution in [0.25, 0.3) is 0 Å². The Bertz CT molecular complexity index is 1220. The number of fused-ring (bicyclic) bond motifs is 1. The number of sulfone groups is 1. The summed E-state index contributed by atoms with van der Waals surface area (Å²) in [5, 5.41) is 0. The van der Waals surface area contributed by atoms with Gasteiger partial charge in [-0.15, -0.1) is 0 Å². The Morgan fingerprint density at radius 3 is 2.55 bits per heavy atom. The summed E-state index contributed by atoms with van der Waals surface area (Å²) in [4.78, 5) is 15.5. The number of carbonyl (C=O) groups excluding carboxylic acids is 1. The maximum absolute atomic E-state index is 13.5. The molecule has 4 rings (SSSR count). The number of benzene rings is 3. The average molecular weight is 436 g/mol. The second kappa shape index (κ2) is 8.55. The number of methoxy groups -OCH3 is 1. The van der Waals surface area contributed by atoms with Gasteiger partial charge in [-0.3, -0.25) is 4.79 Å². The predicted octanol–water partition coefficient (Wildman–Crippen LogP) is 4.57. The number of anilines is 1. The van der Waals surface area contributed by atoms with Crippen molar-refractivity contribution in [1.29, 1.82) is 0 Å². The van der Waals surface area contributed by atoms with E-state index in [0.29, 0.717) is 23.4 Å². The molecular weight excluding hydrogens is 410 g/mol. The van der Waals surface area contributed by atoms with Crippen LogP contribution in [0.1, 0.15) is 33.5 Å². The SMILES string of the molecule is COc1ccc(C)c2c1N(C(=O)c1cccc(CS(=O)(=O)c3ccccc3)c1)CCC2. The Hall–Kier alpha value is -3.12. The summed E-state index contributed by atoms with van der Waals surface area (Å²) < 4.78 is 31.1. The van der Waals surface area contributed by atoms with Crippen molar-refractivity contribution in [2.45, 2.75) is 30.4 Å². The van der Waals surface area contributed by atoms with E-state index in [0.717, 1.165) is 29.7 Å². The van der Waals surface area contributed by atoms with Crippen molar-refractivity contribution in [3.63, 3.8) is 0 Å². The maximum atomic E-state index is 13.5. The predicted molar refractivity (Wildman–Crippen MR) is 122 cm³/mol. The Morgan fingerprint density at radius 2 is 1.81 bits per heavy atom. The molecule has 31 heavy (non-hydrogen) atoms. The molecule has 0 N–H and O–H groups in total. The molecule has 0 aromatic heterocycles. The molecule has 1 aliphatic rings. The van der Waals surface area contributed by atoms with Crippen molar-refractivity contribution in [3.05, 3.63) is 89.0 Å². The highest BCUT2D eigenvalue weighted by atomic mass is 32.2. The van der Waals surface area contributed by atoms with Crippen LogP contribution in [0.15, 0.2) is 71.6 Å². The van der Waals surface area contributed by atoms with Gasteiger partial charge in [-0.05, 0) is 66.8 Å². The van der Waals surface area contributed by atoms with Gasteiger partial charge in [0, 0.05) is 12.1 Å². The quantitative estimate of drug-likeness (QED) is 0.589. The molecule has 3 aromatic rings. The summed E-state index contributed by atoms with van der Waals surface area (Å²) >= 11 is 0. The van der Waals surface area contributed by atoms with E-state index in [1.54, 1.807) is 66.6 Å². The second-order valence-electron chi connectivity index (χ2n) is 7.74. The van der Waals surface area contributed by atoms with Crippen LogP contribution in [-0.4, -0.2) is 28.0 Å². The summed E-state index contributed by atoms with van der Waals surface area (Å²) in [6.45, 7) is 2.64. The van der Waals surface area contributed by atoms with Gasteiger partial charge in [0.15, 0.2) is 9.84 Å². The number of ether oxygens (including phenoxy) is 1. The first-order chi connectivity index (χ1) is 14.9. The van der Waals surface area contributed by atoms with Gasteiger partial charge in [-0.2, -0.15) is 0 Å². The normalized spacial score (nSPS) is 13.5. The lowest BCUT2D eigenvalue weighted by Gasteiger charge is -2.32. The molecule has 0 aliphatic carbocycles. The molecule has 1 aliphatic heterocycles. The fourth-order valence-corrected chi connectivity index (χ4v) is 5.46. The summed E-state index contributed by atoms with van der Waals surface area (Å²) in [6, 6.07) is 19.2. The molecular formula is C25H25NO4S. The summed E-state index contributed by atoms with van der Waals surface area (Å²) in [5.41, 5.74) is 4.14. The smallest absolute Gasteiger partial charge is 0.258 e. The first-order valence-electron chi connectivity index (χ1n) is 10.3. The van der Waals surface area contributed by atoms with Crippen LogP contribution in [0.4, 0.5) is 5.69 Å². The highest BCUT2D eigenvalue weighted by Crippen LogP contribution is 2.39. The molecule has 5 nitrogen and oxygen atoms in total. The van der Waals surface area contributed by atoms with Crippen LogP contribution in [0.2, 0.25) is 0 Å². The zero-order valence-corrected chi connectivity index (χ0v) is 18.5. The third kappa shape index (κ3) is 4.21. The molecule has 0 unspecified atom stereocenters. The second-order valence-corrected chi connectivity index (χ2v) is 9.73. The van der Waals surface area contributed by atoms with E-state index in [9.17, 15) is 13.2 Å². The zero-order valence-electron chi connectivity index (χ0n) is 17.7. The van der Waals surface area contributed by atoms with E-state index < -0.39 is 9.84 Å². The Labute approximate surface area is 183 Å². The van der Waals surface area contributed by atoms with E-state index in [1.807, 2.05) is 19.1 Å². The standard InChI is InChI=1S/C25H25NO4S/c1-18-13-14-23(30-2)24-22(18)12-7-15-26(24)25(27)20-9-6-8-19(16-20)17-31(28,29)21-10-4-3-5-11-21/h3-6,8-11,13-14,16H,7,12,15,17H2,1-2H3. The highest BCUT2D eigenvalue weighted by molar-refractivity contribution is 7.90. The largest absolute Gasteiger partial charge is 0.495 e. The minimum absolute atomic E-state index is 0.149. The lowest BCUT2D eigenvalue weighted by molar-refractivity contribution is 0.0984. The minimum atomic E-state index is -3.49. The molecule has 0 radical (unpaired) electrons. The van der Waals surface area contributed by atoms with Gasteiger partial charge in [0.2, 0.25) is 0 Å². The molecule has 3 aromatic carbocycles. The van der Waals surface area contributed by atoms with Crippen molar-refractivity contribution in [3.8, 4) is 5.75 Å². The third-order valence-electron chi connectivity index (χ3n) is 5.66. The Kier molecular flexibility index (Phi) is 5.83. The first kappa shape index (κ1) is 21.1. The monoisotopic (exact) mass is 435 g/mol. The Balaban J connectivity index is 1.66. The van der Waals surface area contributed by atoms with E-state index in [4.69, 9.17) is 4.74 Å². The summed E-state index contributed by atoms with van der Waals surface area (Å²) in [5.74, 6) is 0.372. The van der Waals surface area contributed by atoms with Gasteiger partial charge in [0.05, 0.1) is 23.4 Å². The van der Waals surface area contributed by atoms with E-state index in [1.165, 1.54) is 0 Å². The molecule has 0 bridgehead atoms. The van der Waals surface area contributed by atoms with Gasteiger partial charge in [0.1, 0.15) is 5.75 Å². The summed E-state index contributed by atoms with van der Waals surface area (Å²) in [7, 11) is -1.88. The molecule has 0 spiro atoms. The van der Waals surface area contributed by atoms with Crippen LogP contribution in [0.5, 0.6) is 5.75 Å². The van der Waals surface area contributed by atoms with Crippen molar-refractivity contribution in [2.24, 2.45) is 0 Å². The lowest BCUT2D eigenvalue weighted by Crippen LogP contribution is -2.36. The van der Waals surface area contributed by atoms with Crippen molar-refractivity contribution in [2.75, 3.05) is 18.6 Å². The number of rotatable bonds is 5. The molecule has 0 saturated heterocycles. The maximum Gasteiger partial charge on any atom is 0.258 e. The molecule has 0 fully saturated rings. The van der Waals surface area contributed by atoms with Crippen molar-refractivity contribution >= 4 is 21.4 Å². The fourth-order valence-electron chi connectivity index (χ4n) is 4.10. The number of aryl methyl sites for hydroxylation is 1.